The molecule has 1 aromatic carbocycles. The molecule has 18 heavy (non-hydrogen) atoms. The zero-order valence-corrected chi connectivity index (χ0v) is 9.51. The van der Waals surface area contributed by atoms with E-state index in [1.54, 1.807) is 12.1 Å². The smallest absolute Gasteiger partial charge is 0.257 e. The summed E-state index contributed by atoms with van der Waals surface area (Å²) in [7, 11) is 0. The number of hydrogen-bond acceptors (Lipinski definition) is 4. The van der Waals surface area contributed by atoms with Crippen molar-refractivity contribution in [3.63, 3.8) is 0 Å². The number of benzene rings is 1. The van der Waals surface area contributed by atoms with Crippen molar-refractivity contribution in [2.75, 3.05) is 5.32 Å². The van der Waals surface area contributed by atoms with Crippen molar-refractivity contribution in [1.29, 1.82) is 0 Å². The van der Waals surface area contributed by atoms with Gasteiger partial charge in [0.25, 0.3) is 5.56 Å². The van der Waals surface area contributed by atoms with Crippen LogP contribution in [0.25, 0.3) is 10.8 Å². The fourth-order valence-corrected chi connectivity index (χ4v) is 1.82. The van der Waals surface area contributed by atoms with E-state index in [1.807, 2.05) is 24.3 Å². The molecule has 0 aliphatic rings. The second kappa shape index (κ2) is 4.37. The second-order valence-corrected chi connectivity index (χ2v) is 3.94. The van der Waals surface area contributed by atoms with Crippen molar-refractivity contribution in [2.45, 2.75) is 6.54 Å². The topological polar surface area (TPSA) is 70.9 Å². The lowest BCUT2D eigenvalue weighted by Gasteiger charge is -2.05. The number of aromatic amines is 1. The van der Waals surface area contributed by atoms with Crippen LogP contribution in [0.2, 0.25) is 0 Å². The summed E-state index contributed by atoms with van der Waals surface area (Å²) in [4.78, 5) is 14.6. The van der Waals surface area contributed by atoms with Crippen LogP contribution in [0.1, 0.15) is 5.69 Å². The first kappa shape index (κ1) is 10.6. The normalized spacial score (nSPS) is 10.7. The molecule has 5 nitrogen and oxygen atoms in total. The SMILES string of the molecule is O=c1[nH]c(NCc2ccon2)cc2ccccc12. The summed E-state index contributed by atoms with van der Waals surface area (Å²) in [5.74, 6) is 0.668. The van der Waals surface area contributed by atoms with Gasteiger partial charge < -0.3 is 14.8 Å². The van der Waals surface area contributed by atoms with Gasteiger partial charge in [-0.05, 0) is 17.5 Å². The Bertz CT molecular complexity index is 716. The lowest BCUT2D eigenvalue weighted by molar-refractivity contribution is 0.412. The molecule has 0 atom stereocenters. The van der Waals surface area contributed by atoms with E-state index in [2.05, 4.69) is 15.5 Å². The lowest BCUT2D eigenvalue weighted by atomic mass is 10.2. The maximum atomic E-state index is 11.8. The van der Waals surface area contributed by atoms with Gasteiger partial charge in [0.05, 0.1) is 6.54 Å². The first-order valence-corrected chi connectivity index (χ1v) is 5.58. The fourth-order valence-electron chi connectivity index (χ4n) is 1.82. The number of H-pyrrole nitrogens is 1. The van der Waals surface area contributed by atoms with Crippen LogP contribution in [0.5, 0.6) is 0 Å². The first-order valence-electron chi connectivity index (χ1n) is 5.58. The van der Waals surface area contributed by atoms with Gasteiger partial charge >= 0.3 is 0 Å². The minimum Gasteiger partial charge on any atom is -0.366 e. The van der Waals surface area contributed by atoms with Gasteiger partial charge in [-0.25, -0.2) is 0 Å². The molecular weight excluding hydrogens is 230 g/mol. The van der Waals surface area contributed by atoms with Gasteiger partial charge in [-0.15, -0.1) is 0 Å². The molecule has 0 amide bonds. The summed E-state index contributed by atoms with van der Waals surface area (Å²) < 4.78 is 4.73. The van der Waals surface area contributed by atoms with Gasteiger partial charge in [0.15, 0.2) is 0 Å². The second-order valence-electron chi connectivity index (χ2n) is 3.94. The van der Waals surface area contributed by atoms with E-state index in [1.165, 1.54) is 6.26 Å². The minimum atomic E-state index is -0.101. The van der Waals surface area contributed by atoms with Crippen molar-refractivity contribution in [3.8, 4) is 0 Å². The number of nitrogens with zero attached hydrogens (tertiary/aromatic N) is 1. The van der Waals surface area contributed by atoms with E-state index in [4.69, 9.17) is 4.52 Å². The number of pyridine rings is 1. The highest BCUT2D eigenvalue weighted by atomic mass is 16.5. The number of nitrogens with one attached hydrogen (secondary N) is 2. The molecule has 0 spiro atoms. The zero-order valence-electron chi connectivity index (χ0n) is 9.51. The van der Waals surface area contributed by atoms with E-state index >= 15 is 0 Å². The zero-order chi connectivity index (χ0) is 12.4. The summed E-state index contributed by atoms with van der Waals surface area (Å²) in [5.41, 5.74) is 0.680. The summed E-state index contributed by atoms with van der Waals surface area (Å²) >= 11 is 0. The van der Waals surface area contributed by atoms with Crippen molar-refractivity contribution in [3.05, 3.63) is 58.7 Å². The quantitative estimate of drug-likeness (QED) is 0.736. The number of aromatic nitrogens is 2. The average Bonchev–Trinajstić information content (AvgIpc) is 2.90. The van der Waals surface area contributed by atoms with Crippen LogP contribution in [0.3, 0.4) is 0 Å². The fraction of sp³-hybridized carbons (Fsp3) is 0.0769. The molecule has 0 fully saturated rings. The van der Waals surface area contributed by atoms with Crippen LogP contribution in [-0.2, 0) is 6.54 Å². The third-order valence-corrected chi connectivity index (χ3v) is 2.70. The van der Waals surface area contributed by atoms with Crippen molar-refractivity contribution in [2.24, 2.45) is 0 Å². The van der Waals surface area contributed by atoms with Crippen molar-refractivity contribution in [1.82, 2.24) is 10.1 Å². The summed E-state index contributed by atoms with van der Waals surface area (Å²) in [6.45, 7) is 0.505. The monoisotopic (exact) mass is 241 g/mol. The maximum Gasteiger partial charge on any atom is 0.257 e. The molecule has 2 N–H and O–H groups in total. The minimum absolute atomic E-state index is 0.101. The maximum absolute atomic E-state index is 11.8. The number of hydrogen-bond donors (Lipinski definition) is 2. The van der Waals surface area contributed by atoms with Gasteiger partial charge in [-0.2, -0.15) is 0 Å². The molecule has 0 radical (unpaired) electrons. The molecule has 90 valence electrons. The predicted octanol–water partition coefficient (Wildman–Crippen LogP) is 2.13. The van der Waals surface area contributed by atoms with Gasteiger partial charge in [-0.1, -0.05) is 23.4 Å². The Morgan fingerprint density at radius 2 is 2.17 bits per heavy atom. The Hall–Kier alpha value is -2.56. The molecule has 2 heterocycles. The van der Waals surface area contributed by atoms with Crippen molar-refractivity contribution >= 4 is 16.6 Å². The number of rotatable bonds is 3. The van der Waals surface area contributed by atoms with Gasteiger partial charge in [0.2, 0.25) is 0 Å². The Morgan fingerprint density at radius 3 is 3.00 bits per heavy atom. The molecule has 0 aliphatic carbocycles. The Balaban J connectivity index is 1.91. The third-order valence-electron chi connectivity index (χ3n) is 2.70. The standard InChI is InChI=1S/C13H11N3O2/c17-13-11-4-2-1-3-9(11)7-12(15-13)14-8-10-5-6-18-16-10/h1-7H,8H2,(H2,14,15,17). The van der Waals surface area contributed by atoms with Crippen LogP contribution < -0.4 is 10.9 Å². The lowest BCUT2D eigenvalue weighted by Crippen LogP contribution is -2.10. The summed E-state index contributed by atoms with van der Waals surface area (Å²) in [5, 5.41) is 8.48. The molecular formula is C13H11N3O2. The molecule has 0 unspecified atom stereocenters. The average molecular weight is 241 g/mol. The Labute approximate surface area is 102 Å². The Morgan fingerprint density at radius 1 is 1.28 bits per heavy atom. The number of fused-ring (bicyclic) bond motifs is 1. The predicted molar refractivity (Wildman–Crippen MR) is 68.4 cm³/mol. The highest BCUT2D eigenvalue weighted by Gasteiger charge is 2.02. The highest BCUT2D eigenvalue weighted by molar-refractivity contribution is 5.83. The highest BCUT2D eigenvalue weighted by Crippen LogP contribution is 2.13. The van der Waals surface area contributed by atoms with E-state index < -0.39 is 0 Å². The summed E-state index contributed by atoms with van der Waals surface area (Å²) in [6, 6.07) is 11.1. The van der Waals surface area contributed by atoms with Gasteiger partial charge in [0.1, 0.15) is 17.8 Å². The van der Waals surface area contributed by atoms with Crippen LogP contribution in [0.15, 0.2) is 52.0 Å². The molecule has 2 aromatic heterocycles. The third kappa shape index (κ3) is 1.98. The van der Waals surface area contributed by atoms with E-state index in [0.717, 1.165) is 11.1 Å². The molecule has 0 saturated carbocycles. The molecule has 3 aromatic rings. The van der Waals surface area contributed by atoms with Crippen LogP contribution in [0, 0.1) is 0 Å². The van der Waals surface area contributed by atoms with Gasteiger partial charge in [-0.3, -0.25) is 4.79 Å². The number of anilines is 1. The Kier molecular flexibility index (Phi) is 2.57. The first-order chi connectivity index (χ1) is 8.83. The molecule has 5 heteroatoms. The largest absolute Gasteiger partial charge is 0.366 e. The van der Waals surface area contributed by atoms with Crippen LogP contribution in [0.4, 0.5) is 5.82 Å². The van der Waals surface area contributed by atoms with Crippen LogP contribution in [-0.4, -0.2) is 10.1 Å². The molecule has 3 rings (SSSR count). The van der Waals surface area contributed by atoms with Crippen LogP contribution >= 0.6 is 0 Å². The molecule has 0 bridgehead atoms. The molecule has 0 aliphatic heterocycles. The van der Waals surface area contributed by atoms with Gasteiger partial charge in [0, 0.05) is 11.5 Å². The van der Waals surface area contributed by atoms with E-state index in [0.29, 0.717) is 17.7 Å². The van der Waals surface area contributed by atoms with Crippen molar-refractivity contribution < 1.29 is 4.52 Å². The van der Waals surface area contributed by atoms with E-state index in [9.17, 15) is 4.79 Å². The van der Waals surface area contributed by atoms with E-state index in [-0.39, 0.29) is 5.56 Å². The summed E-state index contributed by atoms with van der Waals surface area (Å²) in [6.07, 6.45) is 1.51. The molecule has 0 saturated heterocycles.